The average molecular weight is 208 g/mol. The van der Waals surface area contributed by atoms with Crippen molar-refractivity contribution in [1.82, 2.24) is 0 Å². The smallest absolute Gasteiger partial charge is 0.277 e. The number of nitrogens with zero attached hydrogens (tertiary/aromatic N) is 1. The number of sulfonamides is 1. The highest BCUT2D eigenvalue weighted by atomic mass is 32.2. The van der Waals surface area contributed by atoms with Gasteiger partial charge < -0.3 is 5.32 Å². The number of para-hydroxylation sites is 1. The molecular formula is C9H8N2O2S. The number of hydrogen-bond acceptors (Lipinski definition) is 3. The molecule has 0 spiro atoms. The van der Waals surface area contributed by atoms with E-state index >= 15 is 0 Å². The van der Waals surface area contributed by atoms with Crippen LogP contribution in [-0.4, -0.2) is 14.3 Å². The summed E-state index contributed by atoms with van der Waals surface area (Å²) < 4.78 is 25.3. The minimum absolute atomic E-state index is 0.344. The maximum atomic E-state index is 10.9. The Bertz CT molecular complexity index is 489. The second-order valence-electron chi connectivity index (χ2n) is 2.79. The van der Waals surface area contributed by atoms with Crippen LogP contribution in [0.4, 0.5) is 5.69 Å². The third-order valence-corrected chi connectivity index (χ3v) is 2.60. The summed E-state index contributed by atoms with van der Waals surface area (Å²) in [5, 5.41) is 3.95. The van der Waals surface area contributed by atoms with Crippen LogP contribution in [0.2, 0.25) is 0 Å². The highest BCUT2D eigenvalue weighted by Gasteiger charge is 2.12. The largest absolute Gasteiger partial charge is 0.340 e. The molecule has 0 saturated carbocycles. The summed E-state index contributed by atoms with van der Waals surface area (Å²) in [6, 6.07) is 9.27. The van der Waals surface area contributed by atoms with Crippen LogP contribution in [0.15, 0.2) is 46.2 Å². The minimum atomic E-state index is -3.37. The van der Waals surface area contributed by atoms with Crippen molar-refractivity contribution in [1.29, 1.82) is 0 Å². The van der Waals surface area contributed by atoms with Crippen LogP contribution in [0.1, 0.15) is 0 Å². The van der Waals surface area contributed by atoms with E-state index in [1.54, 1.807) is 0 Å². The minimum Gasteiger partial charge on any atom is -0.340 e. The van der Waals surface area contributed by atoms with Gasteiger partial charge in [0.2, 0.25) is 0 Å². The highest BCUT2D eigenvalue weighted by Crippen LogP contribution is 2.10. The second-order valence-corrected chi connectivity index (χ2v) is 4.27. The van der Waals surface area contributed by atoms with E-state index in [-0.39, 0.29) is 0 Å². The van der Waals surface area contributed by atoms with E-state index < -0.39 is 10.0 Å². The molecule has 1 heterocycles. The Morgan fingerprint density at radius 1 is 1.14 bits per heavy atom. The fourth-order valence-electron chi connectivity index (χ4n) is 1.08. The van der Waals surface area contributed by atoms with Gasteiger partial charge in [0, 0.05) is 5.69 Å². The van der Waals surface area contributed by atoms with Crippen molar-refractivity contribution in [3.05, 3.63) is 41.8 Å². The molecule has 1 N–H and O–H groups in total. The van der Waals surface area contributed by atoms with Crippen molar-refractivity contribution in [2.75, 3.05) is 5.32 Å². The molecule has 0 fully saturated rings. The number of rotatable bonds is 1. The van der Waals surface area contributed by atoms with Crippen LogP contribution < -0.4 is 5.32 Å². The first-order valence-corrected chi connectivity index (χ1v) is 5.51. The molecule has 1 aromatic carbocycles. The van der Waals surface area contributed by atoms with Gasteiger partial charge in [-0.2, -0.15) is 8.42 Å². The van der Waals surface area contributed by atoms with E-state index in [0.29, 0.717) is 5.84 Å². The van der Waals surface area contributed by atoms with Crippen LogP contribution in [0.25, 0.3) is 0 Å². The van der Waals surface area contributed by atoms with Crippen molar-refractivity contribution < 1.29 is 8.42 Å². The Morgan fingerprint density at radius 2 is 1.86 bits per heavy atom. The van der Waals surface area contributed by atoms with Gasteiger partial charge in [0.15, 0.2) is 0 Å². The van der Waals surface area contributed by atoms with E-state index in [2.05, 4.69) is 9.71 Å². The molecule has 1 aliphatic heterocycles. The molecule has 14 heavy (non-hydrogen) atoms. The Kier molecular flexibility index (Phi) is 2.09. The van der Waals surface area contributed by atoms with Gasteiger partial charge in [-0.1, -0.05) is 18.2 Å². The standard InChI is InChI=1S/C9H8N2O2S/c12-14(13)7-6-9(11-14)10-8-4-2-1-3-5-8/h1-7H,(H,10,11). The Hall–Kier alpha value is -1.62. The van der Waals surface area contributed by atoms with Crippen molar-refractivity contribution in [2.24, 2.45) is 4.40 Å². The van der Waals surface area contributed by atoms with Crippen LogP contribution in [0, 0.1) is 0 Å². The number of hydrogen-bond donors (Lipinski definition) is 1. The van der Waals surface area contributed by atoms with E-state index in [9.17, 15) is 8.42 Å². The normalized spacial score (nSPS) is 17.9. The molecule has 1 aliphatic rings. The lowest BCUT2D eigenvalue weighted by Gasteiger charge is -2.01. The maximum Gasteiger partial charge on any atom is 0.277 e. The molecule has 0 aliphatic carbocycles. The van der Waals surface area contributed by atoms with Crippen LogP contribution in [0.5, 0.6) is 0 Å². The molecule has 0 aromatic heterocycles. The van der Waals surface area contributed by atoms with Crippen LogP contribution in [0.3, 0.4) is 0 Å². The number of nitrogens with one attached hydrogen (secondary N) is 1. The van der Waals surface area contributed by atoms with Gasteiger partial charge in [-0.15, -0.1) is 4.40 Å². The predicted octanol–water partition coefficient (Wildman–Crippen LogP) is 1.35. The molecule has 0 bridgehead atoms. The molecule has 0 amide bonds. The molecule has 2 rings (SSSR count). The summed E-state index contributed by atoms with van der Waals surface area (Å²) in [4.78, 5) is 0. The summed E-state index contributed by atoms with van der Waals surface area (Å²) >= 11 is 0. The molecule has 0 unspecified atom stereocenters. The first-order chi connectivity index (χ1) is 6.66. The summed E-state index contributed by atoms with van der Waals surface area (Å²) in [6.07, 6.45) is 1.43. The van der Waals surface area contributed by atoms with Gasteiger partial charge in [0.25, 0.3) is 10.0 Å². The molecule has 0 atom stereocenters. The van der Waals surface area contributed by atoms with Gasteiger partial charge in [0.1, 0.15) is 5.84 Å². The highest BCUT2D eigenvalue weighted by molar-refractivity contribution is 7.93. The topological polar surface area (TPSA) is 58.5 Å². The first-order valence-electron chi connectivity index (χ1n) is 4.01. The number of amidine groups is 1. The molecule has 5 heteroatoms. The number of anilines is 1. The quantitative estimate of drug-likeness (QED) is 0.758. The van der Waals surface area contributed by atoms with E-state index in [0.717, 1.165) is 11.1 Å². The Balaban J connectivity index is 2.19. The van der Waals surface area contributed by atoms with Crippen LogP contribution in [-0.2, 0) is 10.0 Å². The molecular weight excluding hydrogens is 200 g/mol. The van der Waals surface area contributed by atoms with Gasteiger partial charge >= 0.3 is 0 Å². The predicted molar refractivity (Wildman–Crippen MR) is 55.6 cm³/mol. The zero-order valence-electron chi connectivity index (χ0n) is 7.21. The van der Waals surface area contributed by atoms with Crippen molar-refractivity contribution in [3.63, 3.8) is 0 Å². The van der Waals surface area contributed by atoms with Gasteiger partial charge in [-0.05, 0) is 18.2 Å². The van der Waals surface area contributed by atoms with Gasteiger partial charge in [0.05, 0.1) is 5.41 Å². The van der Waals surface area contributed by atoms with E-state index in [1.807, 2.05) is 30.3 Å². The molecule has 72 valence electrons. The van der Waals surface area contributed by atoms with Gasteiger partial charge in [-0.3, -0.25) is 0 Å². The lowest BCUT2D eigenvalue weighted by molar-refractivity contribution is 0.607. The fraction of sp³-hybridized carbons (Fsp3) is 0. The summed E-state index contributed by atoms with van der Waals surface area (Å²) in [5.41, 5.74) is 0.813. The second kappa shape index (κ2) is 3.26. The Morgan fingerprint density at radius 3 is 2.43 bits per heavy atom. The molecule has 1 aromatic rings. The average Bonchev–Trinajstić information content (AvgIpc) is 2.47. The van der Waals surface area contributed by atoms with Crippen LogP contribution >= 0.6 is 0 Å². The number of benzene rings is 1. The SMILES string of the molecule is O=S1(=O)C=CC(Nc2ccccc2)=N1. The molecule has 0 saturated heterocycles. The Labute approximate surface area is 82.0 Å². The van der Waals surface area contributed by atoms with Crippen molar-refractivity contribution in [3.8, 4) is 0 Å². The van der Waals surface area contributed by atoms with E-state index in [1.165, 1.54) is 6.08 Å². The monoisotopic (exact) mass is 208 g/mol. The summed E-state index contributed by atoms with van der Waals surface area (Å²) in [6.45, 7) is 0. The summed E-state index contributed by atoms with van der Waals surface area (Å²) in [5.74, 6) is 0.344. The maximum absolute atomic E-state index is 10.9. The fourth-order valence-corrected chi connectivity index (χ4v) is 1.82. The van der Waals surface area contributed by atoms with Crippen molar-refractivity contribution >= 4 is 21.5 Å². The summed E-state index contributed by atoms with van der Waals surface area (Å²) in [7, 11) is -3.37. The van der Waals surface area contributed by atoms with E-state index in [4.69, 9.17) is 0 Å². The van der Waals surface area contributed by atoms with Crippen molar-refractivity contribution in [2.45, 2.75) is 0 Å². The molecule has 4 nitrogen and oxygen atoms in total. The zero-order valence-corrected chi connectivity index (χ0v) is 8.03. The third kappa shape index (κ3) is 2.00. The first kappa shape index (κ1) is 8.96. The van der Waals surface area contributed by atoms with Gasteiger partial charge in [-0.25, -0.2) is 0 Å². The lowest BCUT2D eigenvalue weighted by atomic mass is 10.3. The lowest BCUT2D eigenvalue weighted by Crippen LogP contribution is -2.06. The zero-order chi connectivity index (χ0) is 10.0. The third-order valence-electron chi connectivity index (χ3n) is 1.67. The molecule has 0 radical (unpaired) electrons.